The molecule has 0 aliphatic carbocycles. The third-order valence-corrected chi connectivity index (χ3v) is 4.94. The normalized spacial score (nSPS) is 11.6. The zero-order chi connectivity index (χ0) is 22.9. The van der Waals surface area contributed by atoms with E-state index in [-0.39, 0.29) is 28.6 Å². The van der Waals surface area contributed by atoms with E-state index in [2.05, 4.69) is 32.0 Å². The summed E-state index contributed by atoms with van der Waals surface area (Å²) in [4.78, 5) is 21.7. The van der Waals surface area contributed by atoms with Gasteiger partial charge in [-0.15, -0.1) is 0 Å². The van der Waals surface area contributed by atoms with Gasteiger partial charge in [0.25, 0.3) is 0 Å². The molecule has 2 aromatic carbocycles. The fourth-order valence-corrected chi connectivity index (χ4v) is 3.10. The molecule has 4 nitrogen and oxygen atoms in total. The summed E-state index contributed by atoms with van der Waals surface area (Å²) in [6.07, 6.45) is 2.58. The number of hydrogen-bond acceptors (Lipinski definition) is 4. The first-order valence-corrected chi connectivity index (χ1v) is 10.7. The van der Waals surface area contributed by atoms with Crippen molar-refractivity contribution in [1.29, 1.82) is 0 Å². The van der Waals surface area contributed by atoms with Crippen LogP contribution >= 0.6 is 15.9 Å². The van der Waals surface area contributed by atoms with Gasteiger partial charge in [-0.1, -0.05) is 110 Å². The summed E-state index contributed by atoms with van der Waals surface area (Å²) in [5, 5.41) is 0. The van der Waals surface area contributed by atoms with E-state index >= 15 is 0 Å². The monoisotopic (exact) mass is 476 g/mol. The van der Waals surface area contributed by atoms with Crippen LogP contribution in [0.1, 0.15) is 43.1 Å². The van der Waals surface area contributed by atoms with Gasteiger partial charge in [-0.25, -0.2) is 0 Å². The van der Waals surface area contributed by atoms with E-state index in [1.54, 1.807) is 13.8 Å². The third kappa shape index (κ3) is 12.2. The van der Waals surface area contributed by atoms with Crippen LogP contribution in [0.5, 0.6) is 0 Å². The van der Waals surface area contributed by atoms with Gasteiger partial charge in [0, 0.05) is 4.83 Å². The van der Waals surface area contributed by atoms with Crippen LogP contribution < -0.4 is 0 Å². The molecule has 0 radical (unpaired) electrons. The molecule has 2 atom stereocenters. The molecule has 2 aromatic rings. The number of alkyl halides is 1. The van der Waals surface area contributed by atoms with Crippen molar-refractivity contribution in [3.8, 4) is 0 Å². The fraction of sp³-hybridized carbons (Fsp3) is 0.360. The van der Waals surface area contributed by atoms with Crippen molar-refractivity contribution in [2.24, 2.45) is 11.8 Å². The Balaban J connectivity index is 0.000000471. The van der Waals surface area contributed by atoms with E-state index in [0.29, 0.717) is 0 Å². The van der Waals surface area contributed by atoms with Crippen LogP contribution in [0.2, 0.25) is 0 Å². The molecule has 0 saturated heterocycles. The van der Waals surface area contributed by atoms with Gasteiger partial charge in [-0.3, -0.25) is 9.59 Å². The van der Waals surface area contributed by atoms with Gasteiger partial charge in [-0.2, -0.15) is 0 Å². The van der Waals surface area contributed by atoms with Gasteiger partial charge in [0.15, 0.2) is 0 Å². The predicted molar refractivity (Wildman–Crippen MR) is 127 cm³/mol. The molecule has 0 bridgehead atoms. The van der Waals surface area contributed by atoms with E-state index in [1.165, 1.54) is 25.3 Å². The Bertz CT molecular complexity index is 729. The summed E-state index contributed by atoms with van der Waals surface area (Å²) in [5.41, 5.74) is 2.36. The molecular weight excluding hydrogens is 444 g/mol. The van der Waals surface area contributed by atoms with Crippen molar-refractivity contribution in [1.82, 2.24) is 0 Å². The molecule has 0 N–H and O–H groups in total. The largest absolute Gasteiger partial charge is 0.469 e. The fourth-order valence-electron chi connectivity index (χ4n) is 2.23. The Labute approximate surface area is 189 Å². The Morgan fingerprint density at radius 2 is 1.37 bits per heavy atom. The lowest BCUT2D eigenvalue weighted by Gasteiger charge is -2.14. The molecule has 0 amide bonds. The van der Waals surface area contributed by atoms with Crippen molar-refractivity contribution in [2.45, 2.75) is 32.0 Å². The van der Waals surface area contributed by atoms with Crippen LogP contribution in [0.4, 0.5) is 0 Å². The summed E-state index contributed by atoms with van der Waals surface area (Å²) in [5.74, 6) is -0.389. The topological polar surface area (TPSA) is 52.6 Å². The van der Waals surface area contributed by atoms with Crippen LogP contribution in [-0.4, -0.2) is 26.2 Å². The standard InChI is InChI=1S/C12H15BrO2.C8H8.C5H10O2/c1-9(12(14)15-2)8-11(13)10-6-4-3-5-7-10;1-2-8-6-4-3-5-7-8;1-4(2)5(6)7-3/h3-7,9,11H,8H2,1-2H3;2-7H,1H2;4H,1-3H3. The van der Waals surface area contributed by atoms with Crippen molar-refractivity contribution in [3.05, 3.63) is 78.4 Å². The highest BCUT2D eigenvalue weighted by Gasteiger charge is 2.18. The maximum absolute atomic E-state index is 11.2. The number of benzene rings is 2. The molecule has 0 saturated carbocycles. The number of ether oxygens (including phenoxy) is 2. The maximum Gasteiger partial charge on any atom is 0.308 e. The molecule has 164 valence electrons. The average Bonchev–Trinajstić information content (AvgIpc) is 2.79. The second kappa shape index (κ2) is 16.4. The number of rotatable bonds is 6. The lowest BCUT2D eigenvalue weighted by atomic mass is 10.0. The second-order valence-electron chi connectivity index (χ2n) is 6.83. The SMILES string of the molecule is C=Cc1ccccc1.COC(=O)C(C)C.COC(=O)C(C)CC(Br)c1ccccc1. The number of methoxy groups -OCH3 is 2. The van der Waals surface area contributed by atoms with Crippen LogP contribution in [0.15, 0.2) is 67.2 Å². The van der Waals surface area contributed by atoms with Crippen LogP contribution in [-0.2, 0) is 19.1 Å². The zero-order valence-electron chi connectivity index (χ0n) is 18.5. The minimum absolute atomic E-state index is 0.00463. The lowest BCUT2D eigenvalue weighted by Crippen LogP contribution is -2.14. The van der Waals surface area contributed by atoms with Crippen LogP contribution in [0.3, 0.4) is 0 Å². The number of halogens is 1. The molecule has 0 aliphatic heterocycles. The highest BCUT2D eigenvalue weighted by molar-refractivity contribution is 9.09. The molecule has 0 spiro atoms. The van der Waals surface area contributed by atoms with Gasteiger partial charge in [0.1, 0.15) is 0 Å². The van der Waals surface area contributed by atoms with Gasteiger partial charge in [0.05, 0.1) is 26.1 Å². The van der Waals surface area contributed by atoms with Gasteiger partial charge in [-0.05, 0) is 17.5 Å². The van der Waals surface area contributed by atoms with Crippen molar-refractivity contribution in [2.75, 3.05) is 14.2 Å². The number of esters is 2. The summed E-state index contributed by atoms with van der Waals surface area (Å²) in [7, 11) is 2.81. The van der Waals surface area contributed by atoms with Crippen molar-refractivity contribution < 1.29 is 19.1 Å². The summed E-state index contributed by atoms with van der Waals surface area (Å²) in [6, 6.07) is 20.1. The highest BCUT2D eigenvalue weighted by atomic mass is 79.9. The Morgan fingerprint density at radius 3 is 1.70 bits per heavy atom. The molecule has 2 rings (SSSR count). The first-order valence-electron chi connectivity index (χ1n) is 9.78. The second-order valence-corrected chi connectivity index (χ2v) is 7.94. The molecule has 0 aromatic heterocycles. The van der Waals surface area contributed by atoms with Crippen LogP contribution in [0.25, 0.3) is 6.08 Å². The van der Waals surface area contributed by atoms with Gasteiger partial charge in [0.2, 0.25) is 0 Å². The average molecular weight is 477 g/mol. The first-order chi connectivity index (χ1) is 14.3. The van der Waals surface area contributed by atoms with E-state index < -0.39 is 0 Å². The minimum Gasteiger partial charge on any atom is -0.469 e. The zero-order valence-corrected chi connectivity index (χ0v) is 20.1. The van der Waals surface area contributed by atoms with Gasteiger partial charge < -0.3 is 9.47 Å². The number of hydrogen-bond donors (Lipinski definition) is 0. The molecule has 0 aliphatic rings. The van der Waals surface area contributed by atoms with Crippen LogP contribution in [0, 0.1) is 11.8 Å². The third-order valence-electron chi connectivity index (χ3n) is 4.03. The van der Waals surface area contributed by atoms with E-state index in [4.69, 9.17) is 0 Å². The number of carbonyl (C=O) groups excluding carboxylic acids is 2. The summed E-state index contributed by atoms with van der Waals surface area (Å²) >= 11 is 3.58. The molecular formula is C25H33BrO4. The van der Waals surface area contributed by atoms with E-state index in [0.717, 1.165) is 6.42 Å². The Morgan fingerprint density at radius 1 is 0.900 bits per heavy atom. The Hall–Kier alpha value is -2.40. The molecule has 0 fully saturated rings. The smallest absolute Gasteiger partial charge is 0.308 e. The predicted octanol–water partition coefficient (Wildman–Crippen LogP) is 6.47. The quantitative estimate of drug-likeness (QED) is 0.354. The summed E-state index contributed by atoms with van der Waals surface area (Å²) in [6.45, 7) is 9.10. The lowest BCUT2D eigenvalue weighted by molar-refractivity contribution is -0.145. The van der Waals surface area contributed by atoms with E-state index in [1.807, 2.05) is 73.7 Å². The maximum atomic E-state index is 11.2. The summed E-state index contributed by atoms with van der Waals surface area (Å²) < 4.78 is 9.06. The molecule has 5 heteroatoms. The molecule has 30 heavy (non-hydrogen) atoms. The molecule has 0 heterocycles. The molecule has 2 unspecified atom stereocenters. The van der Waals surface area contributed by atoms with Gasteiger partial charge >= 0.3 is 11.9 Å². The van der Waals surface area contributed by atoms with Crippen molar-refractivity contribution in [3.63, 3.8) is 0 Å². The number of carbonyl (C=O) groups is 2. The highest BCUT2D eigenvalue weighted by Crippen LogP contribution is 2.29. The Kier molecular flexibility index (Phi) is 15.1. The minimum atomic E-state index is -0.157. The first kappa shape index (κ1) is 27.6. The van der Waals surface area contributed by atoms with Crippen molar-refractivity contribution >= 4 is 33.9 Å². The van der Waals surface area contributed by atoms with E-state index in [9.17, 15) is 9.59 Å².